The van der Waals surface area contributed by atoms with Crippen molar-refractivity contribution < 1.29 is 9.53 Å². The molecule has 0 amide bonds. The fourth-order valence-electron chi connectivity index (χ4n) is 0.890. The summed E-state index contributed by atoms with van der Waals surface area (Å²) in [5.41, 5.74) is 0. The molecular weight excluding hydrogens is 279 g/mol. The second kappa shape index (κ2) is 10.0. The number of carbonyl (C=O) groups excluding carboxylic acids is 1. The maximum atomic E-state index is 10.9. The number of unbranched alkanes of at least 4 members (excludes halogenated alkanes) is 3. The molecule has 0 aromatic rings. The van der Waals surface area contributed by atoms with E-state index in [0.717, 1.165) is 17.3 Å². The van der Waals surface area contributed by atoms with Gasteiger partial charge in [0.05, 0.1) is 6.61 Å². The summed E-state index contributed by atoms with van der Waals surface area (Å²) in [6.45, 7) is 2.72. The minimum absolute atomic E-state index is 0.215. The Bertz CT molecular complexity index is 155. The molecule has 0 saturated carbocycles. The molecule has 3 heteroatoms. The molecule has 0 heterocycles. The molecule has 0 fully saturated rings. The third-order valence-corrected chi connectivity index (χ3v) is 2.09. The van der Waals surface area contributed by atoms with Crippen molar-refractivity contribution in [3.8, 4) is 0 Å². The van der Waals surface area contributed by atoms with E-state index in [0.29, 0.717) is 6.61 Å². The maximum absolute atomic E-state index is 10.9. The molecule has 0 aliphatic rings. The number of carbonyl (C=O) groups is 1. The van der Waals surface area contributed by atoms with Crippen LogP contribution in [0.15, 0.2) is 12.2 Å². The average Bonchev–Trinajstić information content (AvgIpc) is 2.14. The van der Waals surface area contributed by atoms with Gasteiger partial charge in [0.15, 0.2) is 0 Å². The Morgan fingerprint density at radius 1 is 1.38 bits per heavy atom. The predicted molar refractivity (Wildman–Crippen MR) is 63.1 cm³/mol. The Hall–Kier alpha value is -0.0600. The zero-order valence-electron chi connectivity index (χ0n) is 8.09. The minimum Gasteiger partial charge on any atom is -0.463 e. The highest BCUT2D eigenvalue weighted by molar-refractivity contribution is 14.1. The fourth-order valence-corrected chi connectivity index (χ4v) is 1.14. The van der Waals surface area contributed by atoms with E-state index in [-0.39, 0.29) is 5.97 Å². The summed E-state index contributed by atoms with van der Waals surface area (Å²) in [6, 6.07) is 0. The predicted octanol–water partition coefficient (Wildman–Crippen LogP) is 3.10. The van der Waals surface area contributed by atoms with Crippen molar-refractivity contribution in [2.75, 3.05) is 11.0 Å². The van der Waals surface area contributed by atoms with Gasteiger partial charge < -0.3 is 4.74 Å². The first-order chi connectivity index (χ1) is 6.31. The van der Waals surface area contributed by atoms with E-state index in [1.807, 2.05) is 0 Å². The molecule has 76 valence electrons. The van der Waals surface area contributed by atoms with Gasteiger partial charge in [-0.25, -0.2) is 4.79 Å². The SMILES string of the molecule is CCCCCCOC(=O)/C=C/CI. The van der Waals surface area contributed by atoms with E-state index < -0.39 is 0 Å². The summed E-state index contributed by atoms with van der Waals surface area (Å²) in [7, 11) is 0. The highest BCUT2D eigenvalue weighted by Gasteiger charge is 1.95. The molecule has 0 aliphatic carbocycles. The highest BCUT2D eigenvalue weighted by Crippen LogP contribution is 1.99. The normalized spacial score (nSPS) is 10.6. The van der Waals surface area contributed by atoms with Crippen LogP contribution < -0.4 is 0 Å². The second-order valence-electron chi connectivity index (χ2n) is 2.78. The van der Waals surface area contributed by atoms with Crippen molar-refractivity contribution >= 4 is 28.6 Å². The molecular formula is C10H17IO2. The lowest BCUT2D eigenvalue weighted by Crippen LogP contribution is -2.02. The Morgan fingerprint density at radius 2 is 2.15 bits per heavy atom. The molecule has 0 N–H and O–H groups in total. The van der Waals surface area contributed by atoms with E-state index in [4.69, 9.17) is 4.74 Å². The Kier molecular flexibility index (Phi) is 9.98. The fraction of sp³-hybridized carbons (Fsp3) is 0.700. The van der Waals surface area contributed by atoms with Crippen LogP contribution in [0.3, 0.4) is 0 Å². The maximum Gasteiger partial charge on any atom is 0.330 e. The molecule has 0 aromatic carbocycles. The molecule has 0 aromatic heterocycles. The van der Waals surface area contributed by atoms with Crippen LogP contribution in [0.1, 0.15) is 32.6 Å². The number of hydrogen-bond donors (Lipinski definition) is 0. The molecule has 2 nitrogen and oxygen atoms in total. The lowest BCUT2D eigenvalue weighted by molar-refractivity contribution is -0.137. The average molecular weight is 296 g/mol. The first-order valence-corrected chi connectivity index (χ1v) is 6.23. The third-order valence-electron chi connectivity index (χ3n) is 1.59. The van der Waals surface area contributed by atoms with Crippen LogP contribution in [0.2, 0.25) is 0 Å². The number of ether oxygens (including phenoxy) is 1. The molecule has 0 rings (SSSR count). The van der Waals surface area contributed by atoms with Gasteiger partial charge in [-0.2, -0.15) is 0 Å². The van der Waals surface area contributed by atoms with Gasteiger partial charge in [0.2, 0.25) is 0 Å². The summed E-state index contributed by atoms with van der Waals surface area (Å²) >= 11 is 2.18. The van der Waals surface area contributed by atoms with E-state index in [2.05, 4.69) is 29.5 Å². The second-order valence-corrected chi connectivity index (χ2v) is 3.67. The van der Waals surface area contributed by atoms with Gasteiger partial charge in [-0.05, 0) is 6.42 Å². The summed E-state index contributed by atoms with van der Waals surface area (Å²) < 4.78 is 5.81. The van der Waals surface area contributed by atoms with E-state index in [1.54, 1.807) is 6.08 Å². The Labute approximate surface area is 93.9 Å². The number of halogens is 1. The smallest absolute Gasteiger partial charge is 0.330 e. The molecule has 0 spiro atoms. The standard InChI is InChI=1S/C10H17IO2/c1-2-3-4-5-9-13-10(12)7-6-8-11/h6-7H,2-5,8-9H2,1H3/b7-6+. The van der Waals surface area contributed by atoms with E-state index in [1.165, 1.54) is 18.9 Å². The number of rotatable bonds is 7. The van der Waals surface area contributed by atoms with Crippen LogP contribution in [-0.4, -0.2) is 17.0 Å². The van der Waals surface area contributed by atoms with Gasteiger partial charge in [-0.1, -0.05) is 54.9 Å². The van der Waals surface area contributed by atoms with E-state index >= 15 is 0 Å². The first kappa shape index (κ1) is 12.9. The molecule has 0 saturated heterocycles. The quantitative estimate of drug-likeness (QED) is 0.237. The van der Waals surface area contributed by atoms with Crippen LogP contribution in [0.25, 0.3) is 0 Å². The van der Waals surface area contributed by atoms with Crippen molar-refractivity contribution in [3.05, 3.63) is 12.2 Å². The summed E-state index contributed by atoms with van der Waals surface area (Å²) in [6.07, 6.45) is 7.86. The Balaban J connectivity index is 3.22. The lowest BCUT2D eigenvalue weighted by atomic mass is 10.2. The summed E-state index contributed by atoms with van der Waals surface area (Å²) in [5.74, 6) is -0.215. The molecule has 13 heavy (non-hydrogen) atoms. The van der Waals surface area contributed by atoms with Gasteiger partial charge in [-0.3, -0.25) is 0 Å². The van der Waals surface area contributed by atoms with Crippen LogP contribution >= 0.6 is 22.6 Å². The molecule has 0 atom stereocenters. The van der Waals surface area contributed by atoms with E-state index in [9.17, 15) is 4.79 Å². The minimum atomic E-state index is -0.215. The summed E-state index contributed by atoms with van der Waals surface area (Å²) in [5, 5.41) is 0. The van der Waals surface area contributed by atoms with Gasteiger partial charge in [-0.15, -0.1) is 0 Å². The monoisotopic (exact) mass is 296 g/mol. The van der Waals surface area contributed by atoms with Gasteiger partial charge >= 0.3 is 5.97 Å². The van der Waals surface area contributed by atoms with Gasteiger partial charge in [0.1, 0.15) is 0 Å². The van der Waals surface area contributed by atoms with Crippen LogP contribution in [-0.2, 0) is 9.53 Å². The zero-order valence-corrected chi connectivity index (χ0v) is 10.2. The number of esters is 1. The van der Waals surface area contributed by atoms with Crippen molar-refractivity contribution in [2.24, 2.45) is 0 Å². The molecule has 0 unspecified atom stereocenters. The molecule has 0 aliphatic heterocycles. The van der Waals surface area contributed by atoms with Gasteiger partial charge in [0.25, 0.3) is 0 Å². The number of hydrogen-bond acceptors (Lipinski definition) is 2. The van der Waals surface area contributed by atoms with Crippen LogP contribution in [0.5, 0.6) is 0 Å². The topological polar surface area (TPSA) is 26.3 Å². The van der Waals surface area contributed by atoms with Crippen LogP contribution in [0.4, 0.5) is 0 Å². The summed E-state index contributed by atoms with van der Waals surface area (Å²) in [4.78, 5) is 10.9. The van der Waals surface area contributed by atoms with Crippen molar-refractivity contribution in [2.45, 2.75) is 32.6 Å². The van der Waals surface area contributed by atoms with Crippen molar-refractivity contribution in [1.82, 2.24) is 0 Å². The first-order valence-electron chi connectivity index (χ1n) is 4.70. The lowest BCUT2D eigenvalue weighted by Gasteiger charge is -2.00. The number of allylic oxidation sites excluding steroid dienone is 1. The largest absolute Gasteiger partial charge is 0.463 e. The van der Waals surface area contributed by atoms with Crippen LogP contribution in [0, 0.1) is 0 Å². The highest BCUT2D eigenvalue weighted by atomic mass is 127. The molecule has 0 bridgehead atoms. The van der Waals surface area contributed by atoms with Crippen molar-refractivity contribution in [1.29, 1.82) is 0 Å². The third kappa shape index (κ3) is 9.86. The molecule has 0 radical (unpaired) electrons. The van der Waals surface area contributed by atoms with Crippen molar-refractivity contribution in [3.63, 3.8) is 0 Å². The number of alkyl halides is 1. The van der Waals surface area contributed by atoms with Gasteiger partial charge in [0, 0.05) is 10.5 Å². The Morgan fingerprint density at radius 3 is 2.77 bits per heavy atom. The zero-order chi connectivity index (χ0) is 9.94.